The number of benzene rings is 1. The van der Waals surface area contributed by atoms with Gasteiger partial charge < -0.3 is 10.4 Å². The monoisotopic (exact) mass is 235 g/mol. The number of hydrogen-bond donors (Lipinski definition) is 2. The molecule has 0 saturated heterocycles. The van der Waals surface area contributed by atoms with Crippen LogP contribution in [0.3, 0.4) is 0 Å². The summed E-state index contributed by atoms with van der Waals surface area (Å²) >= 11 is 0. The third-order valence-electron chi connectivity index (χ3n) is 2.44. The average Bonchev–Trinajstić information content (AvgIpc) is 2.28. The van der Waals surface area contributed by atoms with E-state index in [1.807, 2.05) is 13.8 Å². The minimum absolute atomic E-state index is 0.134. The van der Waals surface area contributed by atoms with Gasteiger partial charge in [0.25, 0.3) is 0 Å². The van der Waals surface area contributed by atoms with Crippen LogP contribution in [0.15, 0.2) is 18.2 Å². The third kappa shape index (κ3) is 3.90. The molecule has 1 amide bonds. The summed E-state index contributed by atoms with van der Waals surface area (Å²) in [6.45, 7) is 3.82. The van der Waals surface area contributed by atoms with Crippen LogP contribution in [0.25, 0.3) is 0 Å². The largest absolute Gasteiger partial charge is 0.478 e. The quantitative estimate of drug-likeness (QED) is 0.824. The molecular weight excluding hydrogens is 218 g/mol. The molecule has 1 rings (SSSR count). The van der Waals surface area contributed by atoms with Crippen molar-refractivity contribution in [3.63, 3.8) is 0 Å². The number of carbonyl (C=O) groups is 2. The molecule has 0 aromatic heterocycles. The van der Waals surface area contributed by atoms with Crippen molar-refractivity contribution in [1.82, 2.24) is 0 Å². The van der Waals surface area contributed by atoms with E-state index in [2.05, 4.69) is 5.32 Å². The number of carboxylic acids is 1. The minimum Gasteiger partial charge on any atom is -0.478 e. The van der Waals surface area contributed by atoms with Gasteiger partial charge in [0.05, 0.1) is 11.3 Å². The fourth-order valence-corrected chi connectivity index (χ4v) is 1.49. The van der Waals surface area contributed by atoms with Crippen LogP contribution in [-0.2, 0) is 4.79 Å². The van der Waals surface area contributed by atoms with Crippen molar-refractivity contribution in [3.05, 3.63) is 29.3 Å². The molecule has 0 radical (unpaired) electrons. The summed E-state index contributed by atoms with van der Waals surface area (Å²) in [5, 5.41) is 11.7. The number of aryl methyl sites for hydroxylation is 1. The number of carboxylic acid groups (broad SMARTS) is 1. The zero-order chi connectivity index (χ0) is 12.8. The van der Waals surface area contributed by atoms with Gasteiger partial charge in [-0.3, -0.25) is 4.79 Å². The second-order valence-corrected chi connectivity index (χ2v) is 4.01. The maximum atomic E-state index is 11.5. The molecular formula is C13H17NO3. The predicted octanol–water partition coefficient (Wildman–Crippen LogP) is 2.82. The van der Waals surface area contributed by atoms with Gasteiger partial charge in [-0.2, -0.15) is 0 Å². The van der Waals surface area contributed by atoms with E-state index >= 15 is 0 Å². The molecule has 0 aliphatic heterocycles. The Morgan fingerprint density at radius 2 is 2.06 bits per heavy atom. The van der Waals surface area contributed by atoms with Crippen molar-refractivity contribution in [2.24, 2.45) is 0 Å². The van der Waals surface area contributed by atoms with Crippen LogP contribution in [0, 0.1) is 6.92 Å². The van der Waals surface area contributed by atoms with E-state index in [0.29, 0.717) is 12.1 Å². The molecule has 1 aromatic carbocycles. The summed E-state index contributed by atoms with van der Waals surface area (Å²) in [4.78, 5) is 22.5. The molecule has 0 bridgehead atoms. The number of hydrogen-bond acceptors (Lipinski definition) is 2. The smallest absolute Gasteiger partial charge is 0.337 e. The number of amides is 1. The number of aromatic carboxylic acids is 1. The highest BCUT2D eigenvalue weighted by atomic mass is 16.4. The minimum atomic E-state index is -1.03. The molecule has 1 aromatic rings. The lowest BCUT2D eigenvalue weighted by atomic mass is 10.1. The molecule has 92 valence electrons. The van der Waals surface area contributed by atoms with Gasteiger partial charge in [0, 0.05) is 6.42 Å². The predicted molar refractivity (Wildman–Crippen MR) is 66.3 cm³/mol. The summed E-state index contributed by atoms with van der Waals surface area (Å²) < 4.78 is 0. The lowest BCUT2D eigenvalue weighted by Crippen LogP contribution is -2.14. The molecule has 0 saturated carbocycles. The van der Waals surface area contributed by atoms with E-state index in [1.165, 1.54) is 0 Å². The highest BCUT2D eigenvalue weighted by molar-refractivity contribution is 6.00. The van der Waals surface area contributed by atoms with Gasteiger partial charge in [-0.15, -0.1) is 0 Å². The molecule has 2 N–H and O–H groups in total. The van der Waals surface area contributed by atoms with E-state index < -0.39 is 5.97 Å². The molecule has 0 atom stereocenters. The van der Waals surface area contributed by atoms with Crippen LogP contribution in [0.2, 0.25) is 0 Å². The van der Waals surface area contributed by atoms with Crippen molar-refractivity contribution in [2.75, 3.05) is 5.32 Å². The van der Waals surface area contributed by atoms with E-state index in [-0.39, 0.29) is 11.5 Å². The van der Waals surface area contributed by atoms with Crippen molar-refractivity contribution in [1.29, 1.82) is 0 Å². The first kappa shape index (κ1) is 13.2. The second-order valence-electron chi connectivity index (χ2n) is 4.01. The van der Waals surface area contributed by atoms with Crippen molar-refractivity contribution >= 4 is 17.6 Å². The van der Waals surface area contributed by atoms with Crippen LogP contribution < -0.4 is 5.32 Å². The molecule has 17 heavy (non-hydrogen) atoms. The van der Waals surface area contributed by atoms with Gasteiger partial charge in [0.1, 0.15) is 0 Å². The van der Waals surface area contributed by atoms with E-state index in [1.54, 1.807) is 18.2 Å². The van der Waals surface area contributed by atoms with E-state index in [4.69, 9.17) is 5.11 Å². The Kier molecular flexibility index (Phi) is 4.69. The number of rotatable bonds is 5. The summed E-state index contributed by atoms with van der Waals surface area (Å²) in [5.41, 5.74) is 1.35. The molecule has 0 spiro atoms. The normalized spacial score (nSPS) is 10.0. The van der Waals surface area contributed by atoms with Gasteiger partial charge in [0.2, 0.25) is 5.91 Å². The van der Waals surface area contributed by atoms with Gasteiger partial charge >= 0.3 is 5.97 Å². The van der Waals surface area contributed by atoms with Crippen LogP contribution in [-0.4, -0.2) is 17.0 Å². The Bertz CT molecular complexity index is 427. The van der Waals surface area contributed by atoms with Gasteiger partial charge in [-0.25, -0.2) is 4.79 Å². The second kappa shape index (κ2) is 6.03. The lowest BCUT2D eigenvalue weighted by Gasteiger charge is -2.08. The van der Waals surface area contributed by atoms with Crippen molar-refractivity contribution < 1.29 is 14.7 Å². The first-order valence-corrected chi connectivity index (χ1v) is 5.68. The van der Waals surface area contributed by atoms with Crippen molar-refractivity contribution in [3.8, 4) is 0 Å². The molecule has 0 aliphatic carbocycles. The highest BCUT2D eigenvalue weighted by Gasteiger charge is 2.12. The summed E-state index contributed by atoms with van der Waals surface area (Å²) in [7, 11) is 0. The Hall–Kier alpha value is -1.84. The van der Waals surface area contributed by atoms with Gasteiger partial charge in [-0.1, -0.05) is 25.0 Å². The number of nitrogens with one attached hydrogen (secondary N) is 1. The Balaban J connectivity index is 2.83. The maximum absolute atomic E-state index is 11.5. The van der Waals surface area contributed by atoms with E-state index in [9.17, 15) is 9.59 Å². The topological polar surface area (TPSA) is 66.4 Å². The summed E-state index contributed by atoms with van der Waals surface area (Å²) in [5.74, 6) is -1.17. The Morgan fingerprint density at radius 1 is 1.35 bits per heavy atom. The fraction of sp³-hybridized carbons (Fsp3) is 0.385. The van der Waals surface area contributed by atoms with E-state index in [0.717, 1.165) is 18.4 Å². The van der Waals surface area contributed by atoms with Crippen LogP contribution >= 0.6 is 0 Å². The maximum Gasteiger partial charge on any atom is 0.337 e. The van der Waals surface area contributed by atoms with Crippen LogP contribution in [0.1, 0.15) is 42.1 Å². The van der Waals surface area contributed by atoms with Gasteiger partial charge in [-0.05, 0) is 25.5 Å². The van der Waals surface area contributed by atoms with Crippen molar-refractivity contribution in [2.45, 2.75) is 33.1 Å². The number of unbranched alkanes of at least 4 members (excludes halogenated alkanes) is 1. The molecule has 0 heterocycles. The number of carbonyl (C=O) groups excluding carboxylic acids is 1. The zero-order valence-electron chi connectivity index (χ0n) is 10.1. The van der Waals surface area contributed by atoms with Crippen LogP contribution in [0.4, 0.5) is 5.69 Å². The fourth-order valence-electron chi connectivity index (χ4n) is 1.49. The number of anilines is 1. The summed E-state index contributed by atoms with van der Waals surface area (Å²) in [6, 6.07) is 4.96. The third-order valence-corrected chi connectivity index (χ3v) is 2.44. The standard InChI is InChI=1S/C13H17NO3/c1-3-4-5-12(15)14-11-7-6-9(2)8-10(11)13(16)17/h6-8H,3-5H2,1-2H3,(H,14,15)(H,16,17). The zero-order valence-corrected chi connectivity index (χ0v) is 10.1. The molecule has 4 nitrogen and oxygen atoms in total. The lowest BCUT2D eigenvalue weighted by molar-refractivity contribution is -0.116. The first-order chi connectivity index (χ1) is 8.04. The Morgan fingerprint density at radius 3 is 2.65 bits per heavy atom. The molecule has 4 heteroatoms. The Labute approximate surface area is 101 Å². The SMILES string of the molecule is CCCCC(=O)Nc1ccc(C)cc1C(=O)O. The summed E-state index contributed by atoms with van der Waals surface area (Å²) in [6.07, 6.45) is 2.16. The molecule has 0 fully saturated rings. The first-order valence-electron chi connectivity index (χ1n) is 5.68. The average molecular weight is 235 g/mol. The van der Waals surface area contributed by atoms with Crippen LogP contribution in [0.5, 0.6) is 0 Å². The van der Waals surface area contributed by atoms with Gasteiger partial charge in [0.15, 0.2) is 0 Å². The molecule has 0 aliphatic rings. The molecule has 0 unspecified atom stereocenters. The highest BCUT2D eigenvalue weighted by Crippen LogP contribution is 2.17.